The number of halogens is 1. The molecule has 1 fully saturated rings. The van der Waals surface area contributed by atoms with Gasteiger partial charge in [0.15, 0.2) is 9.84 Å². The van der Waals surface area contributed by atoms with E-state index in [0.717, 1.165) is 28.6 Å². The second kappa shape index (κ2) is 5.75. The number of rotatable bonds is 4. The number of hydrogen-bond acceptors (Lipinski definition) is 4. The summed E-state index contributed by atoms with van der Waals surface area (Å²) in [4.78, 5) is -0.108. The average molecular weight is 331 g/mol. The van der Waals surface area contributed by atoms with Gasteiger partial charge in [0.05, 0.1) is 22.9 Å². The van der Waals surface area contributed by atoms with Gasteiger partial charge in [0.25, 0.3) is 0 Å². The summed E-state index contributed by atoms with van der Waals surface area (Å²) < 4.78 is 62.1. The van der Waals surface area contributed by atoms with Crippen molar-refractivity contribution >= 4 is 19.9 Å². The Balaban J connectivity index is 2.38. The molecule has 21 heavy (non-hydrogen) atoms. The topological polar surface area (TPSA) is 71.5 Å². The number of sulfonamides is 1. The van der Waals surface area contributed by atoms with Crippen LogP contribution in [0.4, 0.5) is 4.39 Å². The Kier molecular flexibility index (Phi) is 4.37. The number of terminal acetylenes is 1. The van der Waals surface area contributed by atoms with Crippen molar-refractivity contribution in [2.75, 3.05) is 18.1 Å². The quantitative estimate of drug-likeness (QED) is 0.759. The van der Waals surface area contributed by atoms with E-state index >= 15 is 0 Å². The highest BCUT2D eigenvalue weighted by Crippen LogP contribution is 2.24. The third-order valence-electron chi connectivity index (χ3n) is 3.28. The van der Waals surface area contributed by atoms with Gasteiger partial charge in [-0.05, 0) is 30.7 Å². The maximum absolute atomic E-state index is 12.9. The van der Waals surface area contributed by atoms with E-state index in [1.165, 1.54) is 0 Å². The molecule has 1 atom stereocenters. The van der Waals surface area contributed by atoms with Gasteiger partial charge in [-0.1, -0.05) is 5.92 Å². The molecule has 1 aromatic rings. The molecule has 5 nitrogen and oxygen atoms in total. The lowest BCUT2D eigenvalue weighted by atomic mass is 10.3. The zero-order valence-electron chi connectivity index (χ0n) is 11.1. The maximum atomic E-state index is 12.9. The van der Waals surface area contributed by atoms with Gasteiger partial charge in [-0.3, -0.25) is 0 Å². The molecular weight excluding hydrogens is 317 g/mol. The first-order valence-corrected chi connectivity index (χ1v) is 9.44. The molecule has 1 saturated heterocycles. The van der Waals surface area contributed by atoms with Gasteiger partial charge >= 0.3 is 0 Å². The molecule has 1 heterocycles. The first-order valence-electron chi connectivity index (χ1n) is 6.17. The van der Waals surface area contributed by atoms with Crippen molar-refractivity contribution in [1.82, 2.24) is 4.31 Å². The minimum Gasteiger partial charge on any atom is -0.229 e. The highest BCUT2D eigenvalue weighted by molar-refractivity contribution is 7.92. The van der Waals surface area contributed by atoms with Crippen molar-refractivity contribution in [3.05, 3.63) is 30.1 Å². The lowest BCUT2D eigenvalue weighted by Gasteiger charge is -2.25. The van der Waals surface area contributed by atoms with Crippen LogP contribution in [-0.4, -0.2) is 45.2 Å². The van der Waals surface area contributed by atoms with E-state index in [-0.39, 0.29) is 29.4 Å². The van der Waals surface area contributed by atoms with E-state index in [1.807, 2.05) is 0 Å². The van der Waals surface area contributed by atoms with E-state index < -0.39 is 31.7 Å². The second-order valence-electron chi connectivity index (χ2n) is 4.77. The Morgan fingerprint density at radius 2 is 1.95 bits per heavy atom. The standard InChI is InChI=1S/C13H14FNO4S2/c1-2-8-15(12-7-9-20(16,17)10-12)21(18,19)13-5-3-11(14)4-6-13/h1,3-6,12H,7-10H2. The van der Waals surface area contributed by atoms with Crippen molar-refractivity contribution < 1.29 is 21.2 Å². The molecule has 1 aliphatic rings. The van der Waals surface area contributed by atoms with Crippen molar-refractivity contribution in [2.45, 2.75) is 17.4 Å². The van der Waals surface area contributed by atoms with Crippen LogP contribution < -0.4 is 0 Å². The molecule has 0 bridgehead atoms. The van der Waals surface area contributed by atoms with Crippen LogP contribution in [0.15, 0.2) is 29.2 Å². The number of nitrogens with zero attached hydrogens (tertiary/aromatic N) is 1. The fourth-order valence-corrected chi connectivity index (χ4v) is 5.64. The van der Waals surface area contributed by atoms with Crippen molar-refractivity contribution in [2.24, 2.45) is 0 Å². The molecule has 8 heteroatoms. The molecule has 1 unspecified atom stereocenters. The zero-order valence-corrected chi connectivity index (χ0v) is 12.7. The van der Waals surface area contributed by atoms with Crippen LogP contribution in [0.5, 0.6) is 0 Å². The molecule has 0 saturated carbocycles. The molecule has 1 aliphatic heterocycles. The first-order chi connectivity index (χ1) is 9.76. The van der Waals surface area contributed by atoms with Gasteiger partial charge in [0.2, 0.25) is 10.0 Å². The molecule has 0 aromatic heterocycles. The van der Waals surface area contributed by atoms with Crippen LogP contribution in [0.25, 0.3) is 0 Å². The minimum atomic E-state index is -3.95. The Morgan fingerprint density at radius 1 is 1.33 bits per heavy atom. The van der Waals surface area contributed by atoms with Crippen molar-refractivity contribution in [1.29, 1.82) is 0 Å². The number of benzene rings is 1. The largest absolute Gasteiger partial charge is 0.244 e. The third-order valence-corrected chi connectivity index (χ3v) is 6.95. The Hall–Kier alpha value is -1.43. The van der Waals surface area contributed by atoms with Crippen LogP contribution >= 0.6 is 0 Å². The molecule has 0 radical (unpaired) electrons. The van der Waals surface area contributed by atoms with Crippen molar-refractivity contribution in [3.8, 4) is 12.3 Å². The highest BCUT2D eigenvalue weighted by Gasteiger charge is 2.38. The summed E-state index contributed by atoms with van der Waals surface area (Å²) in [5.41, 5.74) is 0. The summed E-state index contributed by atoms with van der Waals surface area (Å²) in [5.74, 6) is 1.38. The van der Waals surface area contributed by atoms with Crippen LogP contribution in [0.3, 0.4) is 0 Å². The SMILES string of the molecule is C#CCN(C1CCS(=O)(=O)C1)S(=O)(=O)c1ccc(F)cc1. The molecule has 1 aromatic carbocycles. The fourth-order valence-electron chi connectivity index (χ4n) is 2.24. The van der Waals surface area contributed by atoms with Gasteiger partial charge in [-0.2, -0.15) is 4.31 Å². The highest BCUT2D eigenvalue weighted by atomic mass is 32.2. The van der Waals surface area contributed by atoms with Crippen LogP contribution in [-0.2, 0) is 19.9 Å². The molecule has 2 rings (SSSR count). The van der Waals surface area contributed by atoms with Gasteiger partial charge in [-0.15, -0.1) is 6.42 Å². The molecule has 0 amide bonds. The summed E-state index contributed by atoms with van der Waals surface area (Å²) >= 11 is 0. The number of sulfone groups is 1. The maximum Gasteiger partial charge on any atom is 0.244 e. The predicted octanol–water partition coefficient (Wildman–Crippen LogP) is 0.637. The monoisotopic (exact) mass is 331 g/mol. The Morgan fingerprint density at radius 3 is 2.43 bits per heavy atom. The van der Waals surface area contributed by atoms with Gasteiger partial charge in [0.1, 0.15) is 5.82 Å². The lowest BCUT2D eigenvalue weighted by molar-refractivity contribution is 0.371. The van der Waals surface area contributed by atoms with E-state index in [2.05, 4.69) is 5.92 Å². The smallest absolute Gasteiger partial charge is 0.229 e. The summed E-state index contributed by atoms with van der Waals surface area (Å²) in [5, 5.41) is 0. The normalized spacial score (nSPS) is 21.3. The Labute approximate surface area is 123 Å². The Bertz CT molecular complexity index is 763. The fraction of sp³-hybridized carbons (Fsp3) is 0.385. The van der Waals surface area contributed by atoms with Gasteiger partial charge < -0.3 is 0 Å². The van der Waals surface area contributed by atoms with E-state index in [9.17, 15) is 21.2 Å². The van der Waals surface area contributed by atoms with Crippen LogP contribution in [0.2, 0.25) is 0 Å². The summed E-state index contributed by atoms with van der Waals surface area (Å²) in [6.45, 7) is -0.222. The second-order valence-corrected chi connectivity index (χ2v) is 8.88. The zero-order chi connectivity index (χ0) is 15.7. The minimum absolute atomic E-state index is 0.0579. The van der Waals surface area contributed by atoms with E-state index in [0.29, 0.717) is 0 Å². The van der Waals surface area contributed by atoms with Gasteiger partial charge in [0, 0.05) is 6.04 Å². The van der Waals surface area contributed by atoms with E-state index in [4.69, 9.17) is 6.42 Å². The molecule has 0 spiro atoms. The molecule has 0 aliphatic carbocycles. The predicted molar refractivity (Wildman–Crippen MR) is 76.2 cm³/mol. The molecule has 0 N–H and O–H groups in total. The summed E-state index contributed by atoms with van der Waals surface area (Å²) in [6, 6.07) is 3.66. The van der Waals surface area contributed by atoms with Crippen molar-refractivity contribution in [3.63, 3.8) is 0 Å². The third kappa shape index (κ3) is 3.43. The molecule has 114 valence electrons. The number of hydrogen-bond donors (Lipinski definition) is 0. The molecular formula is C13H14FNO4S2. The van der Waals surface area contributed by atoms with E-state index in [1.54, 1.807) is 0 Å². The summed E-state index contributed by atoms with van der Waals surface area (Å²) in [6.07, 6.45) is 5.41. The van der Waals surface area contributed by atoms with Gasteiger partial charge in [-0.25, -0.2) is 21.2 Å². The average Bonchev–Trinajstić information content (AvgIpc) is 2.76. The first kappa shape index (κ1) is 15.9. The lowest BCUT2D eigenvalue weighted by Crippen LogP contribution is -2.41. The van der Waals surface area contributed by atoms with Crippen LogP contribution in [0.1, 0.15) is 6.42 Å². The van der Waals surface area contributed by atoms with Crippen LogP contribution in [0, 0.1) is 18.2 Å². The summed E-state index contributed by atoms with van der Waals surface area (Å²) in [7, 11) is -7.20.